The van der Waals surface area contributed by atoms with E-state index in [4.69, 9.17) is 0 Å². The summed E-state index contributed by atoms with van der Waals surface area (Å²) in [5.41, 5.74) is 1.89. The fourth-order valence-electron chi connectivity index (χ4n) is 2.89. The first-order chi connectivity index (χ1) is 14.2. The van der Waals surface area contributed by atoms with E-state index >= 15 is 0 Å². The van der Waals surface area contributed by atoms with Crippen molar-refractivity contribution in [1.82, 2.24) is 0 Å². The number of hydrogen-bond donors (Lipinski definition) is 0. The number of rotatable bonds is 3. The van der Waals surface area contributed by atoms with E-state index in [1.807, 2.05) is 12.1 Å². The van der Waals surface area contributed by atoms with Gasteiger partial charge in [0, 0.05) is 56.8 Å². The van der Waals surface area contributed by atoms with E-state index < -0.39 is 6.47 Å². The first kappa shape index (κ1) is 29.7. The highest BCUT2D eigenvalue weighted by Crippen LogP contribution is 2.67. The van der Waals surface area contributed by atoms with Crippen LogP contribution in [0, 0.1) is 0 Å². The highest BCUT2D eigenvalue weighted by molar-refractivity contribution is 9.29. The van der Waals surface area contributed by atoms with Crippen LogP contribution in [0.15, 0.2) is 58.5 Å². The van der Waals surface area contributed by atoms with Gasteiger partial charge in [0.15, 0.2) is 0 Å². The molecule has 0 radical (unpaired) electrons. The van der Waals surface area contributed by atoms with Gasteiger partial charge in [-0.1, -0.05) is 91.8 Å². The molecular formula is C18H3Br13. The fourth-order valence-corrected chi connectivity index (χ4v) is 13.4. The normalized spacial score (nSPS) is 12.7. The van der Waals surface area contributed by atoms with Gasteiger partial charge in [-0.05, 0) is 139 Å². The predicted octanol–water partition coefficient (Wildman–Crippen LogP) is 14.3. The van der Waals surface area contributed by atoms with Gasteiger partial charge < -0.3 is 0 Å². The van der Waals surface area contributed by atoms with Crippen LogP contribution in [0.1, 0.15) is 11.1 Å². The minimum absolute atomic E-state index is 0.828. The second kappa shape index (κ2) is 11.1. The highest BCUT2D eigenvalue weighted by Gasteiger charge is 2.52. The van der Waals surface area contributed by atoms with Gasteiger partial charge in [0.1, 0.15) is 6.47 Å². The van der Waals surface area contributed by atoms with Crippen molar-refractivity contribution in [2.75, 3.05) is 0 Å². The molecule has 0 aliphatic rings. The zero-order chi connectivity index (χ0) is 23.6. The Morgan fingerprint density at radius 1 is 0.452 bits per heavy atom. The molecule has 0 aliphatic heterocycles. The minimum atomic E-state index is -0.832. The van der Waals surface area contributed by atoms with Crippen LogP contribution >= 0.6 is 207 Å². The smallest absolute Gasteiger partial charge is 0.0644 e. The van der Waals surface area contributed by atoms with Crippen LogP contribution in [0.25, 0.3) is 10.8 Å². The second-order valence-electron chi connectivity index (χ2n) is 6.07. The Bertz CT molecular complexity index is 1200. The molecule has 0 unspecified atom stereocenters. The van der Waals surface area contributed by atoms with Gasteiger partial charge in [0.25, 0.3) is 0 Å². The molecule has 0 heterocycles. The second-order valence-corrected chi connectivity index (χ2v) is 20.2. The number of hydrogen-bond acceptors (Lipinski definition) is 0. The molecule has 13 heteroatoms. The lowest BCUT2D eigenvalue weighted by atomic mass is 9.98. The van der Waals surface area contributed by atoms with E-state index in [1.54, 1.807) is 0 Å². The Labute approximate surface area is 288 Å². The molecule has 0 bridgehead atoms. The van der Waals surface area contributed by atoms with Crippen LogP contribution in [0.3, 0.4) is 0 Å². The summed E-state index contributed by atoms with van der Waals surface area (Å²) in [4.78, 5) is 0. The first-order valence-electron chi connectivity index (χ1n) is 7.70. The van der Waals surface area contributed by atoms with Gasteiger partial charge in [0.05, 0.1) is 0 Å². The van der Waals surface area contributed by atoms with Gasteiger partial charge >= 0.3 is 0 Å². The molecule has 0 saturated heterocycles. The standard InChI is InChI=1S/C18H3Br13/c19-5-3-1-2-4-6(5)9(20)13(24)10(21)7(4)17(28,29)18(30,31)8-11(22)14(25)16(27)15(26)12(8)23/h1-3H. The molecule has 0 aromatic heterocycles. The Morgan fingerprint density at radius 2 is 0.839 bits per heavy atom. The summed E-state index contributed by atoms with van der Waals surface area (Å²) >= 11 is 49.4. The predicted molar refractivity (Wildman–Crippen MR) is 179 cm³/mol. The van der Waals surface area contributed by atoms with Crippen molar-refractivity contribution in [3.05, 3.63) is 69.6 Å². The maximum absolute atomic E-state index is 4.00. The number of halogens is 13. The summed E-state index contributed by atoms with van der Waals surface area (Å²) in [5, 5.41) is 2.08. The fraction of sp³-hybridized carbons (Fsp3) is 0.111. The minimum Gasteiger partial charge on any atom is -0.0644 e. The van der Waals surface area contributed by atoms with Crippen LogP contribution in [0.4, 0.5) is 0 Å². The zero-order valence-electron chi connectivity index (χ0n) is 14.1. The lowest BCUT2D eigenvalue weighted by Gasteiger charge is -2.39. The SMILES string of the molecule is Brc1c(Br)c(Br)c(C(Br)(Br)C(Br)(Br)c2c(Br)c(Br)c(Br)c3c(Br)cccc23)c(Br)c1Br. The third-order valence-electron chi connectivity index (χ3n) is 4.34. The van der Waals surface area contributed by atoms with E-state index in [-0.39, 0.29) is 0 Å². The van der Waals surface area contributed by atoms with Crippen molar-refractivity contribution in [1.29, 1.82) is 0 Å². The molecule has 0 nitrogen and oxygen atoms in total. The average Bonchev–Trinajstić information content (AvgIpc) is 2.68. The molecular weight excluding hydrogens is 1250 g/mol. The van der Waals surface area contributed by atoms with Crippen LogP contribution < -0.4 is 0 Å². The van der Waals surface area contributed by atoms with E-state index in [0.29, 0.717) is 0 Å². The van der Waals surface area contributed by atoms with Crippen molar-refractivity contribution in [2.24, 2.45) is 0 Å². The Morgan fingerprint density at radius 3 is 1.35 bits per heavy atom. The summed E-state index contributed by atoms with van der Waals surface area (Å²) in [6, 6.07) is 6.12. The maximum Gasteiger partial charge on any atom is 0.137 e. The summed E-state index contributed by atoms with van der Waals surface area (Å²) < 4.78 is 6.44. The largest absolute Gasteiger partial charge is 0.137 e. The monoisotopic (exact) mass is 1240 g/mol. The van der Waals surface area contributed by atoms with Crippen molar-refractivity contribution in [2.45, 2.75) is 6.47 Å². The van der Waals surface area contributed by atoms with Gasteiger partial charge in [-0.2, -0.15) is 0 Å². The summed E-state index contributed by atoms with van der Waals surface area (Å²) in [6.45, 7) is 0. The molecule has 0 amide bonds. The van der Waals surface area contributed by atoms with Crippen molar-refractivity contribution < 1.29 is 0 Å². The third kappa shape index (κ3) is 5.11. The van der Waals surface area contributed by atoms with Gasteiger partial charge in [-0.25, -0.2) is 0 Å². The van der Waals surface area contributed by atoms with Crippen LogP contribution in [-0.4, -0.2) is 0 Å². The molecule has 0 spiro atoms. The molecule has 0 saturated carbocycles. The van der Waals surface area contributed by atoms with Gasteiger partial charge in [-0.15, -0.1) is 0 Å². The van der Waals surface area contributed by atoms with Crippen molar-refractivity contribution in [3.63, 3.8) is 0 Å². The van der Waals surface area contributed by atoms with E-state index in [1.165, 1.54) is 0 Å². The lowest BCUT2D eigenvalue weighted by molar-refractivity contribution is 0.833. The zero-order valence-corrected chi connectivity index (χ0v) is 34.8. The topological polar surface area (TPSA) is 0 Å². The molecule has 0 fully saturated rings. The first-order valence-corrected chi connectivity index (χ1v) is 18.0. The average molecular weight is 1260 g/mol. The third-order valence-corrected chi connectivity index (χ3v) is 20.6. The van der Waals surface area contributed by atoms with Gasteiger partial charge in [0.2, 0.25) is 0 Å². The molecule has 31 heavy (non-hydrogen) atoms. The molecule has 166 valence electrons. The number of fused-ring (bicyclic) bond motifs is 1. The highest BCUT2D eigenvalue weighted by atomic mass is 79.9. The van der Waals surface area contributed by atoms with Crippen LogP contribution in [0.2, 0.25) is 0 Å². The Kier molecular flexibility index (Phi) is 10.6. The maximum atomic E-state index is 4.00. The number of alkyl halides is 4. The summed E-state index contributed by atoms with van der Waals surface area (Å²) in [6.07, 6.45) is 0. The van der Waals surface area contributed by atoms with Gasteiger partial charge in [-0.3, -0.25) is 0 Å². The molecule has 0 aliphatic carbocycles. The van der Waals surface area contributed by atoms with Crippen LogP contribution in [-0.2, 0) is 6.47 Å². The van der Waals surface area contributed by atoms with E-state index in [9.17, 15) is 0 Å². The molecule has 3 aromatic carbocycles. The quantitative estimate of drug-likeness (QED) is 0.139. The molecule has 3 rings (SSSR count). The molecule has 3 aromatic rings. The molecule has 0 N–H and O–H groups in total. The number of benzene rings is 3. The summed E-state index contributed by atoms with van der Waals surface area (Å²) in [5.74, 6) is 0. The Balaban J connectivity index is 2.46. The molecule has 0 atom stereocenters. The van der Waals surface area contributed by atoms with E-state index in [2.05, 4.69) is 213 Å². The van der Waals surface area contributed by atoms with Crippen molar-refractivity contribution >= 4 is 218 Å². The summed E-state index contributed by atoms with van der Waals surface area (Å²) in [7, 11) is 0. The van der Waals surface area contributed by atoms with Crippen molar-refractivity contribution in [3.8, 4) is 0 Å². The van der Waals surface area contributed by atoms with Crippen LogP contribution in [0.5, 0.6) is 0 Å². The lowest BCUT2D eigenvalue weighted by Crippen LogP contribution is -2.31. The van der Waals surface area contributed by atoms with E-state index in [0.717, 1.165) is 62.2 Å². The Hall–Kier alpha value is 4.16.